The normalized spacial score (nSPS) is 17.3. The molecule has 0 aliphatic carbocycles. The predicted molar refractivity (Wildman–Crippen MR) is 72.4 cm³/mol. The summed E-state index contributed by atoms with van der Waals surface area (Å²) < 4.78 is 4.90. The molecule has 0 spiro atoms. The van der Waals surface area contributed by atoms with Gasteiger partial charge in [0.1, 0.15) is 6.33 Å². The van der Waals surface area contributed by atoms with E-state index in [4.69, 9.17) is 4.74 Å². The van der Waals surface area contributed by atoms with E-state index in [9.17, 15) is 20.0 Å². The van der Waals surface area contributed by atoms with Gasteiger partial charge in [0.15, 0.2) is 0 Å². The van der Waals surface area contributed by atoms with E-state index in [1.54, 1.807) is 11.8 Å². The number of nitro groups is 1. The lowest BCUT2D eigenvalue weighted by Crippen LogP contribution is -2.43. The standard InChI is InChI=1S/C12H16N4O5/c1-12(11(17)18)3-5-15(6-4-12)9-8(16(19)20)10(21-2)14-7-13-9/h7H,3-6H2,1-2H3,(H,17,18). The lowest BCUT2D eigenvalue weighted by atomic mass is 9.80. The summed E-state index contributed by atoms with van der Waals surface area (Å²) in [5.74, 6) is -0.784. The fourth-order valence-electron chi connectivity index (χ4n) is 2.32. The first kappa shape index (κ1) is 14.9. The Morgan fingerprint density at radius 3 is 2.57 bits per heavy atom. The van der Waals surface area contributed by atoms with Crippen LogP contribution in [0, 0.1) is 15.5 Å². The van der Waals surface area contributed by atoms with E-state index < -0.39 is 16.3 Å². The predicted octanol–water partition coefficient (Wildman–Crippen LogP) is 1.08. The Bertz CT molecular complexity index is 569. The molecule has 0 aromatic carbocycles. The number of carboxylic acid groups (broad SMARTS) is 1. The van der Waals surface area contributed by atoms with Crippen molar-refractivity contribution in [3.8, 4) is 5.88 Å². The highest BCUT2D eigenvalue weighted by Gasteiger charge is 2.39. The molecule has 1 aromatic rings. The smallest absolute Gasteiger partial charge is 0.372 e. The summed E-state index contributed by atoms with van der Waals surface area (Å²) in [6.07, 6.45) is 1.99. The van der Waals surface area contributed by atoms with Gasteiger partial charge in [-0.05, 0) is 19.8 Å². The molecule has 1 saturated heterocycles. The van der Waals surface area contributed by atoms with Crippen LogP contribution in [0.1, 0.15) is 19.8 Å². The van der Waals surface area contributed by atoms with Gasteiger partial charge in [-0.3, -0.25) is 14.9 Å². The van der Waals surface area contributed by atoms with Gasteiger partial charge < -0.3 is 14.7 Å². The molecule has 0 radical (unpaired) electrons. The Morgan fingerprint density at radius 1 is 1.48 bits per heavy atom. The SMILES string of the molecule is COc1ncnc(N2CCC(C)(C(=O)O)CC2)c1[N+](=O)[O-]. The summed E-state index contributed by atoms with van der Waals surface area (Å²) in [5, 5.41) is 20.4. The van der Waals surface area contributed by atoms with E-state index >= 15 is 0 Å². The lowest BCUT2D eigenvalue weighted by molar-refractivity contribution is -0.385. The number of ether oxygens (including phenoxy) is 1. The first-order valence-corrected chi connectivity index (χ1v) is 6.41. The number of hydrogen-bond donors (Lipinski definition) is 1. The second-order valence-corrected chi connectivity index (χ2v) is 5.17. The van der Waals surface area contributed by atoms with Crippen LogP contribution in [0.3, 0.4) is 0 Å². The van der Waals surface area contributed by atoms with Crippen molar-refractivity contribution in [2.24, 2.45) is 5.41 Å². The van der Waals surface area contributed by atoms with Crippen LogP contribution in [-0.4, -0.2) is 46.2 Å². The van der Waals surface area contributed by atoms with Crippen LogP contribution in [0.15, 0.2) is 6.33 Å². The Kier molecular flexibility index (Phi) is 3.92. The fraction of sp³-hybridized carbons (Fsp3) is 0.583. The van der Waals surface area contributed by atoms with E-state index in [1.807, 2.05) is 0 Å². The molecule has 21 heavy (non-hydrogen) atoms. The van der Waals surface area contributed by atoms with Crippen LogP contribution < -0.4 is 9.64 Å². The van der Waals surface area contributed by atoms with Gasteiger partial charge in [0.05, 0.1) is 17.4 Å². The molecule has 2 rings (SSSR count). The molecule has 0 amide bonds. The number of aromatic nitrogens is 2. The summed E-state index contributed by atoms with van der Waals surface area (Å²) in [7, 11) is 1.30. The van der Waals surface area contributed by atoms with Gasteiger partial charge in [-0.1, -0.05) is 0 Å². The van der Waals surface area contributed by atoms with Crippen molar-refractivity contribution in [3.05, 3.63) is 16.4 Å². The van der Waals surface area contributed by atoms with Gasteiger partial charge in [-0.2, -0.15) is 4.98 Å². The zero-order chi connectivity index (χ0) is 15.6. The van der Waals surface area contributed by atoms with Crippen molar-refractivity contribution in [1.82, 2.24) is 9.97 Å². The number of carbonyl (C=O) groups is 1. The lowest BCUT2D eigenvalue weighted by Gasteiger charge is -2.36. The molecule has 2 heterocycles. The highest BCUT2D eigenvalue weighted by Crippen LogP contribution is 2.38. The summed E-state index contributed by atoms with van der Waals surface area (Å²) in [4.78, 5) is 31.2. The van der Waals surface area contributed by atoms with E-state index in [0.717, 1.165) is 0 Å². The number of aliphatic carboxylic acids is 1. The van der Waals surface area contributed by atoms with Crippen molar-refractivity contribution in [3.63, 3.8) is 0 Å². The molecular weight excluding hydrogens is 280 g/mol. The molecule has 9 nitrogen and oxygen atoms in total. The Morgan fingerprint density at radius 2 is 2.10 bits per heavy atom. The summed E-state index contributed by atoms with van der Waals surface area (Å²) in [6, 6.07) is 0. The van der Waals surface area contributed by atoms with Crippen molar-refractivity contribution in [2.75, 3.05) is 25.1 Å². The highest BCUT2D eigenvalue weighted by molar-refractivity contribution is 5.75. The first-order chi connectivity index (χ1) is 9.89. The molecule has 0 unspecified atom stereocenters. The van der Waals surface area contributed by atoms with Gasteiger partial charge in [-0.25, -0.2) is 4.98 Å². The third kappa shape index (κ3) is 2.71. The van der Waals surface area contributed by atoms with Gasteiger partial charge in [0, 0.05) is 13.1 Å². The molecular formula is C12H16N4O5. The zero-order valence-corrected chi connectivity index (χ0v) is 11.8. The highest BCUT2D eigenvalue weighted by atomic mass is 16.6. The van der Waals surface area contributed by atoms with Crippen LogP contribution in [-0.2, 0) is 4.79 Å². The zero-order valence-electron chi connectivity index (χ0n) is 11.8. The molecule has 1 fully saturated rings. The second kappa shape index (κ2) is 5.51. The Balaban J connectivity index is 2.29. The van der Waals surface area contributed by atoms with Crippen LogP contribution in [0.5, 0.6) is 5.88 Å². The van der Waals surface area contributed by atoms with E-state index in [-0.39, 0.29) is 17.4 Å². The molecule has 114 valence electrons. The Hall–Kier alpha value is -2.45. The Labute approximate surface area is 120 Å². The van der Waals surface area contributed by atoms with Gasteiger partial charge in [0.2, 0.25) is 5.82 Å². The van der Waals surface area contributed by atoms with Crippen LogP contribution in [0.4, 0.5) is 11.5 Å². The number of piperidine rings is 1. The van der Waals surface area contributed by atoms with Gasteiger partial charge in [-0.15, -0.1) is 0 Å². The third-order valence-electron chi connectivity index (χ3n) is 3.83. The fourth-order valence-corrected chi connectivity index (χ4v) is 2.32. The minimum atomic E-state index is -0.850. The topological polar surface area (TPSA) is 119 Å². The van der Waals surface area contributed by atoms with Crippen molar-refractivity contribution in [1.29, 1.82) is 0 Å². The average Bonchev–Trinajstić information content (AvgIpc) is 2.47. The van der Waals surface area contributed by atoms with Crippen molar-refractivity contribution in [2.45, 2.75) is 19.8 Å². The molecule has 9 heteroatoms. The third-order valence-corrected chi connectivity index (χ3v) is 3.83. The minimum absolute atomic E-state index is 0.100. The number of nitrogens with zero attached hydrogens (tertiary/aromatic N) is 4. The second-order valence-electron chi connectivity index (χ2n) is 5.17. The number of rotatable bonds is 4. The van der Waals surface area contributed by atoms with E-state index in [2.05, 4.69) is 9.97 Å². The van der Waals surface area contributed by atoms with Gasteiger partial charge >= 0.3 is 11.7 Å². The maximum atomic E-state index is 11.2. The molecule has 0 atom stereocenters. The van der Waals surface area contributed by atoms with Crippen molar-refractivity contribution < 1.29 is 19.6 Å². The number of carboxylic acids is 1. The molecule has 0 bridgehead atoms. The average molecular weight is 296 g/mol. The molecule has 1 aliphatic rings. The monoisotopic (exact) mass is 296 g/mol. The van der Waals surface area contributed by atoms with Crippen LogP contribution >= 0.6 is 0 Å². The van der Waals surface area contributed by atoms with Crippen LogP contribution in [0.2, 0.25) is 0 Å². The van der Waals surface area contributed by atoms with E-state index in [1.165, 1.54) is 13.4 Å². The number of methoxy groups -OCH3 is 1. The maximum absolute atomic E-state index is 11.2. The quantitative estimate of drug-likeness (QED) is 0.647. The van der Waals surface area contributed by atoms with Gasteiger partial charge in [0.25, 0.3) is 5.88 Å². The largest absolute Gasteiger partial charge is 0.481 e. The van der Waals surface area contributed by atoms with Crippen molar-refractivity contribution >= 4 is 17.5 Å². The molecule has 1 N–H and O–H groups in total. The van der Waals surface area contributed by atoms with E-state index in [0.29, 0.717) is 25.9 Å². The summed E-state index contributed by atoms with van der Waals surface area (Å²) in [6.45, 7) is 2.44. The minimum Gasteiger partial charge on any atom is -0.481 e. The summed E-state index contributed by atoms with van der Waals surface area (Å²) >= 11 is 0. The molecule has 1 aliphatic heterocycles. The first-order valence-electron chi connectivity index (χ1n) is 6.41. The maximum Gasteiger partial charge on any atom is 0.372 e. The molecule has 1 aromatic heterocycles. The summed E-state index contributed by atoms with van der Waals surface area (Å²) in [5.41, 5.74) is -1.10. The number of hydrogen-bond acceptors (Lipinski definition) is 7. The number of anilines is 1. The molecule has 0 saturated carbocycles. The van der Waals surface area contributed by atoms with Crippen LogP contribution in [0.25, 0.3) is 0 Å².